The van der Waals surface area contributed by atoms with Crippen molar-refractivity contribution < 1.29 is 0 Å². The van der Waals surface area contributed by atoms with Crippen LogP contribution in [0.25, 0.3) is 22.3 Å². The van der Waals surface area contributed by atoms with Crippen molar-refractivity contribution in [3.8, 4) is 22.3 Å². The minimum absolute atomic E-state index is 0.142. The van der Waals surface area contributed by atoms with Crippen molar-refractivity contribution in [2.24, 2.45) is 11.8 Å². The third-order valence-corrected chi connectivity index (χ3v) is 10.4. The van der Waals surface area contributed by atoms with E-state index in [0.29, 0.717) is 0 Å². The molecule has 6 rings (SSSR count). The molecule has 4 aromatic carbocycles. The van der Waals surface area contributed by atoms with Crippen LogP contribution in [0.4, 0.5) is 0 Å². The molecule has 2 aliphatic carbocycles. The summed E-state index contributed by atoms with van der Waals surface area (Å²) in [6.45, 7) is 23.0. The normalized spacial score (nSPS) is 16.4. The predicted molar refractivity (Wildman–Crippen MR) is 184 cm³/mol. The quantitative estimate of drug-likeness (QED) is 0.221. The average molecular weight is 557 g/mol. The van der Waals surface area contributed by atoms with Crippen molar-refractivity contribution in [1.82, 2.24) is 0 Å². The van der Waals surface area contributed by atoms with Crippen LogP contribution in [0.3, 0.4) is 0 Å². The van der Waals surface area contributed by atoms with Crippen LogP contribution >= 0.6 is 0 Å². The second-order valence-corrected chi connectivity index (χ2v) is 14.3. The molecule has 2 atom stereocenters. The Morgan fingerprint density at radius 3 is 1.07 bits per heavy atom. The summed E-state index contributed by atoms with van der Waals surface area (Å²) in [5, 5.41) is 0. The largest absolute Gasteiger partial charge is 0.0651 e. The average Bonchev–Trinajstić information content (AvgIpc) is 3.33. The summed E-state index contributed by atoms with van der Waals surface area (Å²) < 4.78 is 0. The Balaban J connectivity index is 0.000000180. The van der Waals surface area contributed by atoms with Crippen LogP contribution in [0.2, 0.25) is 0 Å². The summed E-state index contributed by atoms with van der Waals surface area (Å²) in [7, 11) is 0. The van der Waals surface area contributed by atoms with Crippen molar-refractivity contribution in [3.63, 3.8) is 0 Å². The van der Waals surface area contributed by atoms with Gasteiger partial charge in [-0.1, -0.05) is 149 Å². The molecule has 2 unspecified atom stereocenters. The lowest BCUT2D eigenvalue weighted by atomic mass is 9.66. The predicted octanol–water partition coefficient (Wildman–Crippen LogP) is 12.1. The Morgan fingerprint density at radius 2 is 0.762 bits per heavy atom. The molecule has 0 aromatic heterocycles. The molecule has 0 saturated carbocycles. The first-order chi connectivity index (χ1) is 19.9. The maximum absolute atomic E-state index is 2.48. The van der Waals surface area contributed by atoms with E-state index in [-0.39, 0.29) is 10.8 Å². The fourth-order valence-electron chi connectivity index (χ4n) is 7.69. The Bertz CT molecular complexity index is 1480. The summed E-state index contributed by atoms with van der Waals surface area (Å²) >= 11 is 0. The zero-order chi connectivity index (χ0) is 30.4. The van der Waals surface area contributed by atoms with Crippen molar-refractivity contribution in [3.05, 3.63) is 117 Å². The van der Waals surface area contributed by atoms with Crippen molar-refractivity contribution in [2.45, 2.75) is 106 Å². The molecule has 0 N–H and O–H groups in total. The van der Waals surface area contributed by atoms with Crippen LogP contribution < -0.4 is 0 Å². The molecule has 0 nitrogen and oxygen atoms in total. The first-order valence-electron chi connectivity index (χ1n) is 16.4. The summed E-state index contributed by atoms with van der Waals surface area (Å²) in [5.74, 6) is 1.48. The second kappa shape index (κ2) is 11.5. The molecule has 0 bridgehead atoms. The Morgan fingerprint density at radius 1 is 0.476 bits per heavy atom. The lowest BCUT2D eigenvalue weighted by Crippen LogP contribution is -2.30. The van der Waals surface area contributed by atoms with E-state index in [1.165, 1.54) is 81.3 Å². The van der Waals surface area contributed by atoms with Gasteiger partial charge in [-0.2, -0.15) is 0 Å². The summed E-state index contributed by atoms with van der Waals surface area (Å²) in [4.78, 5) is 0. The number of hydrogen-bond donors (Lipinski definition) is 0. The van der Waals surface area contributed by atoms with Gasteiger partial charge in [0.2, 0.25) is 0 Å². The van der Waals surface area contributed by atoms with Crippen LogP contribution in [-0.4, -0.2) is 0 Å². The number of benzene rings is 4. The standard InChI is InChI=1S/C25H34.C17H18/c1-7-17(3)15-25(16-18(4)8-2)23-13-19(5)9-11-21(23)22-12-10-20(6)14-24(22)25;1-11-5-7-13-14-8-6-12(2)10-16(14)17(3,4)15(13)9-11/h9-14,17-18H,7-8,15-16H2,1-6H3;5-10H,1-4H3. The summed E-state index contributed by atoms with van der Waals surface area (Å²) in [6, 6.07) is 27.9. The highest BCUT2D eigenvalue weighted by Gasteiger charge is 2.44. The van der Waals surface area contributed by atoms with E-state index in [9.17, 15) is 0 Å². The Kier molecular flexibility index (Phi) is 8.32. The molecule has 0 spiro atoms. The fraction of sp³-hybridized carbons (Fsp3) is 0.429. The van der Waals surface area contributed by atoms with Gasteiger partial charge < -0.3 is 0 Å². The smallest absolute Gasteiger partial charge is 0.0220 e. The molecule has 220 valence electrons. The SMILES string of the molecule is CCC(C)CC1(CC(C)CC)c2cc(C)ccc2-c2ccc(C)cc21.Cc1ccc2c(c1)C(C)(C)c1cc(C)ccc1-2. The Labute approximate surface area is 256 Å². The molecular weight excluding hydrogens is 504 g/mol. The second-order valence-electron chi connectivity index (χ2n) is 14.3. The van der Waals surface area contributed by atoms with Crippen LogP contribution in [0.1, 0.15) is 112 Å². The maximum atomic E-state index is 2.48. The van der Waals surface area contributed by atoms with Gasteiger partial charge in [0.05, 0.1) is 0 Å². The molecule has 0 heteroatoms. The zero-order valence-electron chi connectivity index (χ0n) is 27.9. The monoisotopic (exact) mass is 556 g/mol. The third-order valence-electron chi connectivity index (χ3n) is 10.4. The molecule has 2 aliphatic rings. The van der Waals surface area contributed by atoms with Gasteiger partial charge in [0.15, 0.2) is 0 Å². The minimum Gasteiger partial charge on any atom is -0.0651 e. The minimum atomic E-state index is 0.142. The van der Waals surface area contributed by atoms with E-state index in [0.717, 1.165) is 11.8 Å². The molecule has 0 saturated heterocycles. The molecule has 0 amide bonds. The van der Waals surface area contributed by atoms with Crippen LogP contribution in [-0.2, 0) is 10.8 Å². The number of hydrogen-bond acceptors (Lipinski definition) is 0. The summed E-state index contributed by atoms with van der Waals surface area (Å²) in [5.41, 5.74) is 17.7. The van der Waals surface area contributed by atoms with Crippen LogP contribution in [0.15, 0.2) is 72.8 Å². The molecule has 42 heavy (non-hydrogen) atoms. The highest BCUT2D eigenvalue weighted by Crippen LogP contribution is 2.56. The van der Waals surface area contributed by atoms with Gasteiger partial charge in [-0.05, 0) is 96.9 Å². The highest BCUT2D eigenvalue weighted by molar-refractivity contribution is 5.82. The van der Waals surface area contributed by atoms with E-state index in [4.69, 9.17) is 0 Å². The molecule has 0 aliphatic heterocycles. The van der Waals surface area contributed by atoms with Gasteiger partial charge >= 0.3 is 0 Å². The van der Waals surface area contributed by atoms with Crippen molar-refractivity contribution in [2.75, 3.05) is 0 Å². The summed E-state index contributed by atoms with van der Waals surface area (Å²) in [6.07, 6.45) is 5.04. The third kappa shape index (κ3) is 5.27. The molecule has 0 fully saturated rings. The maximum Gasteiger partial charge on any atom is 0.0220 e. The van der Waals surface area contributed by atoms with E-state index in [1.54, 1.807) is 11.1 Å². The highest BCUT2D eigenvalue weighted by atomic mass is 14.5. The van der Waals surface area contributed by atoms with Gasteiger partial charge in [0.25, 0.3) is 0 Å². The van der Waals surface area contributed by atoms with Crippen molar-refractivity contribution in [1.29, 1.82) is 0 Å². The molecule has 0 radical (unpaired) electrons. The number of aryl methyl sites for hydroxylation is 4. The first-order valence-corrected chi connectivity index (χ1v) is 16.4. The lowest BCUT2D eigenvalue weighted by molar-refractivity contribution is 0.308. The van der Waals surface area contributed by atoms with Crippen LogP contribution in [0, 0.1) is 39.5 Å². The number of rotatable bonds is 6. The number of fused-ring (bicyclic) bond motifs is 6. The van der Waals surface area contributed by atoms with E-state index in [2.05, 4.69) is 142 Å². The van der Waals surface area contributed by atoms with Crippen molar-refractivity contribution >= 4 is 0 Å². The van der Waals surface area contributed by atoms with Gasteiger partial charge in [0.1, 0.15) is 0 Å². The van der Waals surface area contributed by atoms with Gasteiger partial charge in [-0.3, -0.25) is 0 Å². The van der Waals surface area contributed by atoms with E-state index >= 15 is 0 Å². The molecule has 0 heterocycles. The zero-order valence-corrected chi connectivity index (χ0v) is 27.9. The molecular formula is C42H52. The lowest BCUT2D eigenvalue weighted by Gasteiger charge is -2.37. The fourth-order valence-corrected chi connectivity index (χ4v) is 7.69. The van der Waals surface area contributed by atoms with Gasteiger partial charge in [0, 0.05) is 10.8 Å². The van der Waals surface area contributed by atoms with Gasteiger partial charge in [-0.25, -0.2) is 0 Å². The van der Waals surface area contributed by atoms with E-state index < -0.39 is 0 Å². The topological polar surface area (TPSA) is 0 Å². The van der Waals surface area contributed by atoms with Crippen LogP contribution in [0.5, 0.6) is 0 Å². The first kappa shape index (κ1) is 30.3. The van der Waals surface area contributed by atoms with Gasteiger partial charge in [-0.15, -0.1) is 0 Å². The molecule has 4 aromatic rings. The Hall–Kier alpha value is -3.12. The van der Waals surface area contributed by atoms with E-state index in [1.807, 2.05) is 0 Å².